The van der Waals surface area contributed by atoms with Crippen molar-refractivity contribution in [2.45, 2.75) is 23.8 Å². The molecule has 0 heterocycles. The summed E-state index contributed by atoms with van der Waals surface area (Å²) >= 11 is 0. The van der Waals surface area contributed by atoms with Gasteiger partial charge in [-0.2, -0.15) is 0 Å². The number of carbonyl (C=O) groups is 1. The van der Waals surface area contributed by atoms with Gasteiger partial charge in [-0.15, -0.1) is 0 Å². The van der Waals surface area contributed by atoms with Gasteiger partial charge in [-0.1, -0.05) is 60.7 Å². The zero-order chi connectivity index (χ0) is 24.7. The van der Waals surface area contributed by atoms with Crippen LogP contribution >= 0.6 is 0 Å². The lowest BCUT2D eigenvalue weighted by Crippen LogP contribution is -2.29. The van der Waals surface area contributed by atoms with Gasteiger partial charge in [0.25, 0.3) is 0 Å². The fourth-order valence-electron chi connectivity index (χ4n) is 3.69. The summed E-state index contributed by atoms with van der Waals surface area (Å²) in [5.74, 6) is -0.656. The van der Waals surface area contributed by atoms with E-state index in [2.05, 4.69) is 5.32 Å². The lowest BCUT2D eigenvalue weighted by molar-refractivity contribution is -0.123. The number of hydrogen-bond acceptors (Lipinski definition) is 5. The van der Waals surface area contributed by atoms with E-state index in [1.165, 1.54) is 6.07 Å². The highest BCUT2D eigenvalue weighted by Gasteiger charge is 2.21. The number of carbonyl (C=O) groups excluding carboxylic acids is 1. The molecule has 0 aliphatic heterocycles. The number of amides is 1. The van der Waals surface area contributed by atoms with Gasteiger partial charge in [0.05, 0.1) is 10.8 Å². The SMILES string of the molecule is COCCC(C(=O)NCc1cccc(C(=N)N)c1)c1ccc(-c2ccccc2S(N)(=O)=O)cc1. The van der Waals surface area contributed by atoms with E-state index >= 15 is 0 Å². The Hall–Kier alpha value is -3.53. The Morgan fingerprint density at radius 1 is 1.06 bits per heavy atom. The number of hydrogen-bond donors (Lipinski definition) is 4. The molecule has 0 saturated carbocycles. The number of ether oxygens (including phenoxy) is 1. The summed E-state index contributed by atoms with van der Waals surface area (Å²) in [6.45, 7) is 0.692. The Kier molecular flexibility index (Phi) is 8.17. The van der Waals surface area contributed by atoms with E-state index in [0.717, 1.165) is 11.1 Å². The van der Waals surface area contributed by atoms with Crippen molar-refractivity contribution in [2.75, 3.05) is 13.7 Å². The van der Waals surface area contributed by atoms with E-state index in [-0.39, 0.29) is 16.6 Å². The molecule has 9 heteroatoms. The first-order valence-electron chi connectivity index (χ1n) is 10.6. The summed E-state index contributed by atoms with van der Waals surface area (Å²) in [7, 11) is -2.30. The first-order chi connectivity index (χ1) is 16.2. The minimum atomic E-state index is -3.88. The third-order valence-corrected chi connectivity index (χ3v) is 6.42. The summed E-state index contributed by atoms with van der Waals surface area (Å²) in [6.07, 6.45) is 0.475. The molecule has 8 nitrogen and oxygen atoms in total. The van der Waals surface area contributed by atoms with E-state index in [9.17, 15) is 13.2 Å². The normalized spacial score (nSPS) is 12.2. The highest BCUT2D eigenvalue weighted by atomic mass is 32.2. The second-order valence-corrected chi connectivity index (χ2v) is 9.36. The van der Waals surface area contributed by atoms with E-state index < -0.39 is 15.9 Å². The lowest BCUT2D eigenvalue weighted by Gasteiger charge is -2.18. The van der Waals surface area contributed by atoms with Gasteiger partial charge in [0, 0.05) is 31.4 Å². The van der Waals surface area contributed by atoms with Crippen LogP contribution in [-0.2, 0) is 26.1 Å². The van der Waals surface area contributed by atoms with E-state index in [1.807, 2.05) is 18.2 Å². The van der Waals surface area contributed by atoms with Gasteiger partial charge < -0.3 is 15.8 Å². The molecule has 1 amide bonds. The van der Waals surface area contributed by atoms with Crippen LogP contribution in [0, 0.1) is 5.41 Å². The van der Waals surface area contributed by atoms with Crippen LogP contribution in [0.1, 0.15) is 29.0 Å². The van der Waals surface area contributed by atoms with Gasteiger partial charge in [-0.3, -0.25) is 10.2 Å². The molecule has 34 heavy (non-hydrogen) atoms. The van der Waals surface area contributed by atoms with Gasteiger partial charge >= 0.3 is 0 Å². The maximum atomic E-state index is 13.1. The number of primary sulfonamides is 1. The lowest BCUT2D eigenvalue weighted by atomic mass is 9.93. The molecule has 0 aliphatic rings. The van der Waals surface area contributed by atoms with Crippen molar-refractivity contribution in [3.63, 3.8) is 0 Å². The van der Waals surface area contributed by atoms with Crippen molar-refractivity contribution in [1.82, 2.24) is 5.32 Å². The molecular weight excluding hydrogens is 452 g/mol. The second-order valence-electron chi connectivity index (χ2n) is 7.83. The average molecular weight is 481 g/mol. The van der Waals surface area contributed by atoms with Crippen LogP contribution in [0.5, 0.6) is 0 Å². The van der Waals surface area contributed by atoms with Gasteiger partial charge in [-0.05, 0) is 35.2 Å². The molecule has 6 N–H and O–H groups in total. The number of sulfonamides is 1. The summed E-state index contributed by atoms with van der Waals surface area (Å²) in [5.41, 5.74) is 8.94. The first kappa shape index (κ1) is 25.1. The minimum Gasteiger partial charge on any atom is -0.385 e. The molecule has 0 aromatic heterocycles. The van der Waals surface area contributed by atoms with E-state index in [0.29, 0.717) is 36.3 Å². The van der Waals surface area contributed by atoms with Crippen LogP contribution in [-0.4, -0.2) is 33.9 Å². The zero-order valence-corrected chi connectivity index (χ0v) is 19.6. The Bertz CT molecular complexity index is 1270. The van der Waals surface area contributed by atoms with Crippen LogP contribution in [0.25, 0.3) is 11.1 Å². The number of rotatable bonds is 10. The third kappa shape index (κ3) is 6.28. The summed E-state index contributed by atoms with van der Waals surface area (Å²) in [6, 6.07) is 20.9. The number of amidine groups is 1. The molecule has 0 fully saturated rings. The minimum absolute atomic E-state index is 0.0322. The van der Waals surface area contributed by atoms with Gasteiger partial charge in [0.2, 0.25) is 15.9 Å². The van der Waals surface area contributed by atoms with Gasteiger partial charge in [-0.25, -0.2) is 13.6 Å². The number of nitrogens with one attached hydrogen (secondary N) is 2. The topological polar surface area (TPSA) is 148 Å². The standard InChI is InChI=1S/C25H28N4O4S/c1-33-14-13-22(25(30)29-16-17-5-4-6-20(15-17)24(26)27)19-11-9-18(10-12-19)21-7-2-3-8-23(21)34(28,31)32/h2-12,15,22H,13-14,16H2,1H3,(H3,26,27)(H,29,30)(H2,28,31,32). The van der Waals surface area contributed by atoms with Crippen molar-refractivity contribution in [3.05, 3.63) is 89.5 Å². The Balaban J connectivity index is 1.81. The van der Waals surface area contributed by atoms with Crippen molar-refractivity contribution < 1.29 is 17.9 Å². The third-order valence-electron chi connectivity index (χ3n) is 5.45. The zero-order valence-electron chi connectivity index (χ0n) is 18.8. The highest BCUT2D eigenvalue weighted by Crippen LogP contribution is 2.29. The summed E-state index contributed by atoms with van der Waals surface area (Å²) < 4.78 is 29.1. The fourth-order valence-corrected chi connectivity index (χ4v) is 4.45. The highest BCUT2D eigenvalue weighted by molar-refractivity contribution is 7.89. The number of benzene rings is 3. The smallest absolute Gasteiger partial charge is 0.238 e. The molecule has 0 saturated heterocycles. The molecule has 0 spiro atoms. The molecule has 3 aromatic carbocycles. The molecule has 1 unspecified atom stereocenters. The Morgan fingerprint density at radius 2 is 1.76 bits per heavy atom. The predicted octanol–water partition coefficient (Wildman–Crippen LogP) is 2.72. The van der Waals surface area contributed by atoms with Crippen LogP contribution in [0.2, 0.25) is 0 Å². The van der Waals surface area contributed by atoms with Crippen LogP contribution in [0.3, 0.4) is 0 Å². The largest absolute Gasteiger partial charge is 0.385 e. The molecule has 0 aliphatic carbocycles. The van der Waals surface area contributed by atoms with Crippen molar-refractivity contribution >= 4 is 21.8 Å². The van der Waals surface area contributed by atoms with Crippen LogP contribution in [0.15, 0.2) is 77.7 Å². The van der Waals surface area contributed by atoms with Crippen molar-refractivity contribution in [1.29, 1.82) is 5.41 Å². The first-order valence-corrected chi connectivity index (χ1v) is 12.2. The maximum Gasteiger partial charge on any atom is 0.238 e. The average Bonchev–Trinajstić information content (AvgIpc) is 2.83. The maximum absolute atomic E-state index is 13.1. The number of nitrogen functional groups attached to an aromatic ring is 1. The molecule has 3 aromatic rings. The van der Waals surface area contributed by atoms with Crippen molar-refractivity contribution in [3.8, 4) is 11.1 Å². The molecular formula is C25H28N4O4S. The van der Waals surface area contributed by atoms with E-state index in [4.69, 9.17) is 21.0 Å². The number of nitrogens with two attached hydrogens (primary N) is 2. The molecule has 3 rings (SSSR count). The summed E-state index contributed by atoms with van der Waals surface area (Å²) in [4.78, 5) is 13.1. The van der Waals surface area contributed by atoms with Gasteiger partial charge in [0.15, 0.2) is 0 Å². The van der Waals surface area contributed by atoms with Crippen molar-refractivity contribution in [2.24, 2.45) is 10.9 Å². The molecule has 178 valence electrons. The number of methoxy groups -OCH3 is 1. The Labute approximate surface area is 199 Å². The Morgan fingerprint density at radius 3 is 2.41 bits per heavy atom. The van der Waals surface area contributed by atoms with E-state index in [1.54, 1.807) is 55.6 Å². The monoisotopic (exact) mass is 480 g/mol. The molecule has 0 bridgehead atoms. The van der Waals surface area contributed by atoms with Crippen LogP contribution in [0.4, 0.5) is 0 Å². The molecule has 1 atom stereocenters. The second kappa shape index (κ2) is 11.1. The molecule has 0 radical (unpaired) electrons. The summed E-state index contributed by atoms with van der Waals surface area (Å²) in [5, 5.41) is 15.9. The predicted molar refractivity (Wildman–Crippen MR) is 132 cm³/mol. The fraction of sp³-hybridized carbons (Fsp3) is 0.200. The quantitative estimate of drug-likeness (QED) is 0.260. The van der Waals surface area contributed by atoms with Crippen LogP contribution < -0.4 is 16.2 Å². The van der Waals surface area contributed by atoms with Gasteiger partial charge in [0.1, 0.15) is 5.84 Å².